The molecule has 0 aliphatic rings. The molecule has 0 fully saturated rings. The van der Waals surface area contributed by atoms with E-state index in [0.29, 0.717) is 5.89 Å². The average Bonchev–Trinajstić information content (AvgIpc) is 3.77. The molecule has 8 aromatic carbocycles. The van der Waals surface area contributed by atoms with Gasteiger partial charge in [0.2, 0.25) is 5.89 Å². The van der Waals surface area contributed by atoms with E-state index in [9.17, 15) is 0 Å². The van der Waals surface area contributed by atoms with Gasteiger partial charge in [0.05, 0.1) is 5.69 Å². The zero-order chi connectivity index (χ0) is 32.3. The maximum atomic E-state index is 6.26. The van der Waals surface area contributed by atoms with Gasteiger partial charge in [-0.1, -0.05) is 115 Å². The SMILES string of the molecule is c1cc(-c2cccc3ccccc23)cc(N(c2ccc3c(c2)sc2cccc(-c4nc5ccccc5o4)c23)c2cccc3ccccc23)c1. The molecule has 49 heavy (non-hydrogen) atoms. The van der Waals surface area contributed by atoms with Crippen LogP contribution in [0.15, 0.2) is 174 Å². The van der Waals surface area contributed by atoms with Gasteiger partial charge in [-0.25, -0.2) is 4.98 Å². The molecule has 0 saturated carbocycles. The standard InChI is InChI=1S/C45H28N2OS/c1-3-17-34-29(11-1)13-8-19-35(34)31-15-7-16-32(27-31)47(40-22-9-14-30-12-2-4-18-36(30)40)33-25-26-37-43(28-33)49-42-24-10-20-38(44(37)42)45-46-39-21-5-6-23-41(39)48-45/h1-28H. The third-order valence-electron chi connectivity index (χ3n) is 9.48. The van der Waals surface area contributed by atoms with E-state index in [2.05, 4.69) is 150 Å². The van der Waals surface area contributed by atoms with Crippen molar-refractivity contribution in [3.05, 3.63) is 170 Å². The number of para-hydroxylation sites is 2. The second kappa shape index (κ2) is 11.2. The van der Waals surface area contributed by atoms with Gasteiger partial charge in [-0.15, -0.1) is 11.3 Å². The Morgan fingerprint density at radius 3 is 2.08 bits per heavy atom. The van der Waals surface area contributed by atoms with Crippen LogP contribution in [0.4, 0.5) is 17.1 Å². The molecule has 0 N–H and O–H groups in total. The number of anilines is 3. The van der Waals surface area contributed by atoms with Crippen LogP contribution in [-0.2, 0) is 0 Å². The number of benzene rings is 8. The van der Waals surface area contributed by atoms with Crippen LogP contribution in [0, 0.1) is 0 Å². The molecule has 0 radical (unpaired) electrons. The summed E-state index contributed by atoms with van der Waals surface area (Å²) < 4.78 is 8.68. The summed E-state index contributed by atoms with van der Waals surface area (Å²) in [5.74, 6) is 0.651. The van der Waals surface area contributed by atoms with E-state index in [-0.39, 0.29) is 0 Å². The van der Waals surface area contributed by atoms with Gasteiger partial charge < -0.3 is 9.32 Å². The van der Waals surface area contributed by atoms with E-state index in [1.54, 1.807) is 0 Å². The molecule has 0 aliphatic carbocycles. The summed E-state index contributed by atoms with van der Waals surface area (Å²) in [6.45, 7) is 0. The molecule has 0 saturated heterocycles. The van der Waals surface area contributed by atoms with E-state index in [4.69, 9.17) is 9.40 Å². The second-order valence-corrected chi connectivity index (χ2v) is 13.4. The van der Waals surface area contributed by atoms with Gasteiger partial charge in [-0.05, 0) is 81.9 Å². The van der Waals surface area contributed by atoms with Crippen molar-refractivity contribution in [3.63, 3.8) is 0 Å². The predicted octanol–water partition coefficient (Wildman–Crippen LogP) is 13.3. The minimum absolute atomic E-state index is 0.651. The molecule has 2 aromatic heterocycles. The molecule has 0 unspecified atom stereocenters. The molecule has 3 nitrogen and oxygen atoms in total. The highest BCUT2D eigenvalue weighted by molar-refractivity contribution is 7.26. The van der Waals surface area contributed by atoms with Crippen molar-refractivity contribution in [2.24, 2.45) is 0 Å². The first-order valence-electron chi connectivity index (χ1n) is 16.5. The highest BCUT2D eigenvalue weighted by atomic mass is 32.1. The fourth-order valence-corrected chi connectivity index (χ4v) is 8.40. The van der Waals surface area contributed by atoms with Crippen LogP contribution < -0.4 is 4.90 Å². The lowest BCUT2D eigenvalue weighted by Gasteiger charge is -2.27. The van der Waals surface area contributed by atoms with Crippen LogP contribution >= 0.6 is 11.3 Å². The topological polar surface area (TPSA) is 29.3 Å². The normalized spacial score (nSPS) is 11.7. The van der Waals surface area contributed by atoms with Crippen molar-refractivity contribution in [2.45, 2.75) is 0 Å². The number of aromatic nitrogens is 1. The average molecular weight is 645 g/mol. The fraction of sp³-hybridized carbons (Fsp3) is 0. The first-order chi connectivity index (χ1) is 24.3. The van der Waals surface area contributed by atoms with Gasteiger partial charge in [0.1, 0.15) is 5.52 Å². The van der Waals surface area contributed by atoms with Crippen molar-refractivity contribution >= 4 is 81.2 Å². The van der Waals surface area contributed by atoms with Crippen LogP contribution in [0.25, 0.3) is 75.4 Å². The Balaban J connectivity index is 1.18. The van der Waals surface area contributed by atoms with Crippen LogP contribution in [0.1, 0.15) is 0 Å². The van der Waals surface area contributed by atoms with Crippen LogP contribution in [0.3, 0.4) is 0 Å². The number of thiophene rings is 1. The summed E-state index contributed by atoms with van der Waals surface area (Å²) in [4.78, 5) is 7.26. The Kier molecular flexibility index (Phi) is 6.36. The van der Waals surface area contributed by atoms with Crippen LogP contribution in [0.2, 0.25) is 0 Å². The molecule has 0 spiro atoms. The summed E-state index contributed by atoms with van der Waals surface area (Å²) in [5.41, 5.74) is 8.45. The number of rotatable bonds is 5. The number of hydrogen-bond acceptors (Lipinski definition) is 4. The maximum Gasteiger partial charge on any atom is 0.227 e. The number of oxazole rings is 1. The number of hydrogen-bond donors (Lipinski definition) is 0. The van der Waals surface area contributed by atoms with Gasteiger partial charge in [0, 0.05) is 42.5 Å². The molecule has 10 aromatic rings. The Morgan fingerprint density at radius 1 is 0.490 bits per heavy atom. The smallest absolute Gasteiger partial charge is 0.227 e. The van der Waals surface area contributed by atoms with Crippen molar-refractivity contribution < 1.29 is 4.42 Å². The van der Waals surface area contributed by atoms with Crippen molar-refractivity contribution in [3.8, 4) is 22.6 Å². The van der Waals surface area contributed by atoms with Gasteiger partial charge in [-0.3, -0.25) is 0 Å². The minimum atomic E-state index is 0.651. The minimum Gasteiger partial charge on any atom is -0.436 e. The fourth-order valence-electron chi connectivity index (χ4n) is 7.24. The lowest BCUT2D eigenvalue weighted by molar-refractivity contribution is 0.620. The molecule has 0 bridgehead atoms. The number of nitrogens with zero attached hydrogens (tertiary/aromatic N) is 2. The highest BCUT2D eigenvalue weighted by Gasteiger charge is 2.20. The summed E-state index contributed by atoms with van der Waals surface area (Å²) in [7, 11) is 0. The molecule has 4 heteroatoms. The molecule has 0 amide bonds. The Morgan fingerprint density at radius 2 is 1.18 bits per heavy atom. The van der Waals surface area contributed by atoms with Gasteiger partial charge in [0.25, 0.3) is 0 Å². The lowest BCUT2D eigenvalue weighted by Crippen LogP contribution is -2.10. The first-order valence-corrected chi connectivity index (χ1v) is 17.3. The lowest BCUT2D eigenvalue weighted by atomic mass is 9.97. The zero-order valence-corrected chi connectivity index (χ0v) is 27.2. The molecule has 0 atom stereocenters. The Hall–Kier alpha value is -6.23. The molecule has 230 valence electrons. The van der Waals surface area contributed by atoms with Crippen LogP contribution in [-0.4, -0.2) is 4.98 Å². The largest absolute Gasteiger partial charge is 0.436 e. The predicted molar refractivity (Wildman–Crippen MR) is 207 cm³/mol. The quantitative estimate of drug-likeness (QED) is 0.187. The zero-order valence-electron chi connectivity index (χ0n) is 26.4. The molecule has 2 heterocycles. The molecular weight excluding hydrogens is 617 g/mol. The van der Waals surface area contributed by atoms with Gasteiger partial charge in [-0.2, -0.15) is 0 Å². The van der Waals surface area contributed by atoms with E-state index < -0.39 is 0 Å². The summed E-state index contributed by atoms with van der Waals surface area (Å²) in [5, 5.41) is 7.28. The van der Waals surface area contributed by atoms with E-state index in [1.807, 2.05) is 35.6 Å². The van der Waals surface area contributed by atoms with Crippen molar-refractivity contribution in [1.29, 1.82) is 0 Å². The monoisotopic (exact) mass is 644 g/mol. The van der Waals surface area contributed by atoms with E-state index >= 15 is 0 Å². The Bertz CT molecular complexity index is 2820. The molecule has 0 aliphatic heterocycles. The third-order valence-corrected chi connectivity index (χ3v) is 10.6. The third kappa shape index (κ3) is 4.61. The van der Waals surface area contributed by atoms with Crippen LogP contribution in [0.5, 0.6) is 0 Å². The highest BCUT2D eigenvalue weighted by Crippen LogP contribution is 2.45. The summed E-state index contributed by atoms with van der Waals surface area (Å²) in [6.07, 6.45) is 0. The first kappa shape index (κ1) is 27.8. The number of fused-ring (bicyclic) bond motifs is 6. The maximum absolute atomic E-state index is 6.26. The summed E-state index contributed by atoms with van der Waals surface area (Å²) >= 11 is 1.81. The molecular formula is C45H28N2OS. The Labute approximate surface area is 286 Å². The van der Waals surface area contributed by atoms with Crippen molar-refractivity contribution in [2.75, 3.05) is 4.90 Å². The summed E-state index contributed by atoms with van der Waals surface area (Å²) in [6, 6.07) is 60.5. The second-order valence-electron chi connectivity index (χ2n) is 12.4. The van der Waals surface area contributed by atoms with Gasteiger partial charge in [0.15, 0.2) is 5.58 Å². The van der Waals surface area contributed by atoms with Crippen molar-refractivity contribution in [1.82, 2.24) is 4.98 Å². The van der Waals surface area contributed by atoms with E-state index in [0.717, 1.165) is 33.7 Å². The molecule has 10 rings (SSSR count). The van der Waals surface area contributed by atoms with E-state index in [1.165, 1.54) is 52.8 Å². The van der Waals surface area contributed by atoms with Gasteiger partial charge >= 0.3 is 0 Å².